The van der Waals surface area contributed by atoms with Gasteiger partial charge >= 0.3 is 10.2 Å². The second-order valence-electron chi connectivity index (χ2n) is 8.47. The van der Waals surface area contributed by atoms with Crippen molar-refractivity contribution < 1.29 is 20.7 Å². The molecule has 0 saturated carbocycles. The Kier molecular flexibility index (Phi) is 8.42. The molecule has 5 N–H and O–H groups in total. The predicted octanol–water partition coefficient (Wildman–Crippen LogP) is 4.54. The van der Waals surface area contributed by atoms with Gasteiger partial charge in [0.05, 0.1) is 25.5 Å². The molecular formula is C25H22Cl2FN5O4S2. The van der Waals surface area contributed by atoms with Crippen LogP contribution >= 0.6 is 23.2 Å². The summed E-state index contributed by atoms with van der Waals surface area (Å²) in [6.45, 7) is -0.00771. The maximum absolute atomic E-state index is 13.0. The maximum atomic E-state index is 13.0. The van der Waals surface area contributed by atoms with Crippen LogP contribution in [0.4, 0.5) is 15.7 Å². The third-order valence-corrected chi connectivity index (χ3v) is 8.78. The fourth-order valence-electron chi connectivity index (χ4n) is 3.82. The van der Waals surface area contributed by atoms with Gasteiger partial charge in [0.1, 0.15) is 5.82 Å². The van der Waals surface area contributed by atoms with E-state index in [9.17, 15) is 20.7 Å². The predicted molar refractivity (Wildman–Crippen MR) is 149 cm³/mol. The molecule has 0 aliphatic carbocycles. The van der Waals surface area contributed by atoms with Crippen molar-refractivity contribution in [2.75, 3.05) is 11.5 Å². The molecule has 0 spiro atoms. The van der Waals surface area contributed by atoms with Crippen molar-refractivity contribution in [2.45, 2.75) is 29.2 Å². The summed E-state index contributed by atoms with van der Waals surface area (Å²) in [5.41, 5.74) is 15.6. The van der Waals surface area contributed by atoms with Crippen molar-refractivity contribution in [1.29, 1.82) is 0 Å². The first kappa shape index (κ1) is 28.7. The van der Waals surface area contributed by atoms with Crippen LogP contribution in [-0.4, -0.2) is 26.8 Å². The van der Waals surface area contributed by atoms with Gasteiger partial charge in [-0.05, 0) is 65.9 Å². The lowest BCUT2D eigenvalue weighted by Gasteiger charge is -2.13. The molecule has 0 aliphatic heterocycles. The second kappa shape index (κ2) is 11.4. The number of benzene rings is 3. The SMILES string of the molecule is Nc1nc(N)c(-c2ccc(Cl)c(Cl)c2)c(CCc2ccc(CNS(=O)(=O)c3ccc(S(=O)(=O)F)cc3)cc2)n1. The molecule has 39 heavy (non-hydrogen) atoms. The van der Waals surface area contributed by atoms with Crippen LogP contribution in [0.15, 0.2) is 76.5 Å². The molecule has 1 aromatic heterocycles. The van der Waals surface area contributed by atoms with Gasteiger partial charge in [0, 0.05) is 12.1 Å². The highest BCUT2D eigenvalue weighted by Gasteiger charge is 2.18. The van der Waals surface area contributed by atoms with Crippen LogP contribution in [0.1, 0.15) is 16.8 Å². The number of nitrogens with one attached hydrogen (secondary N) is 1. The monoisotopic (exact) mass is 609 g/mol. The molecule has 0 bridgehead atoms. The smallest absolute Gasteiger partial charge is 0.332 e. The summed E-state index contributed by atoms with van der Waals surface area (Å²) in [6, 6.07) is 16.2. The number of sulfonamides is 1. The van der Waals surface area contributed by atoms with Gasteiger partial charge in [-0.15, -0.1) is 3.89 Å². The average Bonchev–Trinajstić information content (AvgIpc) is 2.88. The second-order valence-corrected chi connectivity index (χ2v) is 12.4. The average molecular weight is 611 g/mol. The standard InChI is InChI=1S/C25H22Cl2FN5O4S2/c26-20-11-6-17(13-21(20)27)23-22(32-25(30)33-24(23)29)12-5-15-1-3-16(4-2-15)14-31-39(36,37)19-9-7-18(8-10-19)38(28,34)35/h1-4,6-11,13,31H,5,12,14H2,(H4,29,30,32,33). The minimum atomic E-state index is -4.92. The molecule has 0 fully saturated rings. The van der Waals surface area contributed by atoms with Crippen LogP contribution < -0.4 is 16.2 Å². The highest BCUT2D eigenvalue weighted by Crippen LogP contribution is 2.33. The zero-order chi connectivity index (χ0) is 28.4. The number of aryl methyl sites for hydroxylation is 2. The Bertz CT molecular complexity index is 1740. The third-order valence-electron chi connectivity index (χ3n) is 5.79. The van der Waals surface area contributed by atoms with Crippen LogP contribution in [0.5, 0.6) is 0 Å². The Morgan fingerprint density at radius 3 is 2.00 bits per heavy atom. The molecule has 14 heteroatoms. The quantitative estimate of drug-likeness (QED) is 0.233. The summed E-state index contributed by atoms with van der Waals surface area (Å²) in [5, 5.41) is 0.775. The summed E-state index contributed by atoms with van der Waals surface area (Å²) in [5.74, 6) is 0.273. The van der Waals surface area contributed by atoms with Crippen molar-refractivity contribution in [2.24, 2.45) is 0 Å². The third kappa shape index (κ3) is 7.02. The van der Waals surface area contributed by atoms with Gasteiger partial charge in [0.2, 0.25) is 16.0 Å². The molecule has 0 atom stereocenters. The van der Waals surface area contributed by atoms with Crippen LogP contribution in [0.2, 0.25) is 10.0 Å². The molecule has 0 radical (unpaired) electrons. The first-order valence-corrected chi connectivity index (χ1v) is 15.0. The normalized spacial score (nSPS) is 12.0. The Hall–Kier alpha value is -3.29. The van der Waals surface area contributed by atoms with E-state index in [1.165, 1.54) is 0 Å². The number of nitrogens with zero attached hydrogens (tertiary/aromatic N) is 2. The molecule has 0 unspecified atom stereocenters. The number of aromatic nitrogens is 2. The van der Waals surface area contributed by atoms with Gasteiger partial charge in [-0.3, -0.25) is 0 Å². The van der Waals surface area contributed by atoms with Crippen LogP contribution in [0, 0.1) is 0 Å². The van der Waals surface area contributed by atoms with Crippen molar-refractivity contribution in [3.8, 4) is 11.1 Å². The fourth-order valence-corrected chi connectivity index (χ4v) is 5.60. The van der Waals surface area contributed by atoms with E-state index < -0.39 is 25.1 Å². The highest BCUT2D eigenvalue weighted by molar-refractivity contribution is 7.89. The lowest BCUT2D eigenvalue weighted by molar-refractivity contribution is 0.551. The summed E-state index contributed by atoms with van der Waals surface area (Å²) >= 11 is 12.2. The van der Waals surface area contributed by atoms with Gasteiger partial charge < -0.3 is 11.5 Å². The highest BCUT2D eigenvalue weighted by atomic mass is 35.5. The van der Waals surface area contributed by atoms with Crippen molar-refractivity contribution in [1.82, 2.24) is 14.7 Å². The Labute approximate surface area is 235 Å². The van der Waals surface area contributed by atoms with Gasteiger partial charge in [-0.2, -0.15) is 13.4 Å². The summed E-state index contributed by atoms with van der Waals surface area (Å²) < 4.78 is 62.4. The minimum absolute atomic E-state index is 0.00771. The zero-order valence-electron chi connectivity index (χ0n) is 20.1. The number of hydrogen-bond acceptors (Lipinski definition) is 8. The Balaban J connectivity index is 1.44. The number of hydrogen-bond donors (Lipinski definition) is 3. The Morgan fingerprint density at radius 1 is 0.769 bits per heavy atom. The molecule has 4 aromatic rings. The number of rotatable bonds is 9. The van der Waals surface area contributed by atoms with E-state index in [0.717, 1.165) is 29.8 Å². The van der Waals surface area contributed by atoms with E-state index in [1.54, 1.807) is 30.3 Å². The van der Waals surface area contributed by atoms with Crippen LogP contribution in [-0.2, 0) is 39.6 Å². The molecule has 0 aliphatic rings. The van der Waals surface area contributed by atoms with E-state index in [4.69, 9.17) is 34.7 Å². The van der Waals surface area contributed by atoms with E-state index in [2.05, 4.69) is 14.7 Å². The maximum Gasteiger partial charge on any atom is 0.332 e. The molecule has 0 saturated heterocycles. The lowest BCUT2D eigenvalue weighted by Crippen LogP contribution is -2.23. The van der Waals surface area contributed by atoms with Crippen molar-refractivity contribution >= 4 is 55.2 Å². The summed E-state index contributed by atoms with van der Waals surface area (Å²) in [7, 11) is -8.86. The summed E-state index contributed by atoms with van der Waals surface area (Å²) in [4.78, 5) is 7.65. The van der Waals surface area contributed by atoms with Gasteiger partial charge in [-0.1, -0.05) is 53.5 Å². The van der Waals surface area contributed by atoms with Gasteiger partial charge in [0.25, 0.3) is 0 Å². The number of nitrogens with two attached hydrogens (primary N) is 2. The van der Waals surface area contributed by atoms with Gasteiger partial charge in [0.15, 0.2) is 0 Å². The van der Waals surface area contributed by atoms with E-state index in [1.807, 2.05) is 12.1 Å². The number of nitrogen functional groups attached to an aromatic ring is 2. The first-order chi connectivity index (χ1) is 18.3. The fraction of sp³-hybridized carbons (Fsp3) is 0.120. The topological polar surface area (TPSA) is 158 Å². The van der Waals surface area contributed by atoms with Gasteiger partial charge in [-0.25, -0.2) is 18.1 Å². The van der Waals surface area contributed by atoms with Crippen LogP contribution in [0.25, 0.3) is 11.1 Å². The molecule has 204 valence electrons. The van der Waals surface area contributed by atoms with Crippen molar-refractivity contribution in [3.05, 3.63) is 93.6 Å². The molecule has 0 amide bonds. The van der Waals surface area contributed by atoms with Crippen molar-refractivity contribution in [3.63, 3.8) is 0 Å². The van der Waals surface area contributed by atoms with E-state index in [-0.39, 0.29) is 23.2 Å². The minimum Gasteiger partial charge on any atom is -0.383 e. The summed E-state index contributed by atoms with van der Waals surface area (Å²) in [6.07, 6.45) is 1.07. The Morgan fingerprint density at radius 2 is 1.38 bits per heavy atom. The zero-order valence-corrected chi connectivity index (χ0v) is 23.2. The molecular weight excluding hydrogens is 588 g/mol. The molecule has 1 heterocycles. The molecule has 9 nitrogen and oxygen atoms in total. The largest absolute Gasteiger partial charge is 0.383 e. The number of halogens is 3. The first-order valence-electron chi connectivity index (χ1n) is 11.3. The van der Waals surface area contributed by atoms with E-state index in [0.29, 0.717) is 45.3 Å². The number of anilines is 2. The lowest BCUT2D eigenvalue weighted by atomic mass is 9.99. The van der Waals surface area contributed by atoms with E-state index >= 15 is 0 Å². The molecule has 4 rings (SSSR count). The molecule has 3 aromatic carbocycles. The van der Waals surface area contributed by atoms with Crippen LogP contribution in [0.3, 0.4) is 0 Å².